The van der Waals surface area contributed by atoms with Crippen molar-refractivity contribution in [3.05, 3.63) is 71.4 Å². The van der Waals surface area contributed by atoms with Crippen LogP contribution in [-0.4, -0.2) is 34.3 Å². The largest absolute Gasteiger partial charge is 0.361 e. The molecule has 1 aliphatic rings. The molecule has 28 heavy (non-hydrogen) atoms. The normalized spacial score (nSPS) is 14.5. The zero-order valence-electron chi connectivity index (χ0n) is 16.2. The minimum atomic E-state index is -0.470. The maximum Gasteiger partial charge on any atom is 0.255 e. The predicted octanol–water partition coefficient (Wildman–Crippen LogP) is 3.51. The van der Waals surface area contributed by atoms with E-state index in [0.29, 0.717) is 18.7 Å². The fraction of sp³-hybridized carbons (Fsp3) is 0.304. The molecule has 0 bridgehead atoms. The Labute approximate surface area is 164 Å². The van der Waals surface area contributed by atoms with Crippen molar-refractivity contribution < 1.29 is 9.59 Å². The number of H-pyrrole nitrogens is 1. The zero-order chi connectivity index (χ0) is 19.7. The minimum Gasteiger partial charge on any atom is -0.361 e. The van der Waals surface area contributed by atoms with E-state index in [1.165, 1.54) is 10.9 Å². The first-order valence-electron chi connectivity index (χ1n) is 9.78. The third-order valence-electron chi connectivity index (χ3n) is 5.45. The molecule has 0 spiro atoms. The number of rotatable bonds is 6. The van der Waals surface area contributed by atoms with E-state index in [2.05, 4.69) is 16.4 Å². The standard InChI is InChI=1S/C23H25N3O2/c1-15(2)21(26-14-17-7-3-4-9-19(17)23(26)28)22(27)24-12-11-16-13-25-20-10-6-5-8-18(16)20/h3-10,13,15,21,25H,11-12,14H2,1-2H3,(H,24,27). The Morgan fingerprint density at radius 1 is 1.14 bits per heavy atom. The Morgan fingerprint density at radius 3 is 2.68 bits per heavy atom. The number of fused-ring (bicyclic) bond motifs is 2. The van der Waals surface area contributed by atoms with Crippen LogP contribution >= 0.6 is 0 Å². The Hall–Kier alpha value is -3.08. The molecule has 2 N–H and O–H groups in total. The highest BCUT2D eigenvalue weighted by Crippen LogP contribution is 2.27. The van der Waals surface area contributed by atoms with E-state index in [0.717, 1.165) is 17.5 Å². The average Bonchev–Trinajstić information content (AvgIpc) is 3.24. The summed E-state index contributed by atoms with van der Waals surface area (Å²) in [7, 11) is 0. The lowest BCUT2D eigenvalue weighted by molar-refractivity contribution is -0.127. The Bertz CT molecular complexity index is 1020. The number of nitrogens with zero attached hydrogens (tertiary/aromatic N) is 1. The van der Waals surface area contributed by atoms with E-state index in [1.807, 2.05) is 62.5 Å². The lowest BCUT2D eigenvalue weighted by Crippen LogP contribution is -2.50. The molecule has 0 fully saturated rings. The fourth-order valence-corrected chi connectivity index (χ4v) is 4.07. The number of amides is 2. The summed E-state index contributed by atoms with van der Waals surface area (Å²) in [6, 6.07) is 15.3. The number of aromatic amines is 1. The van der Waals surface area contributed by atoms with Gasteiger partial charge in [0.1, 0.15) is 6.04 Å². The highest BCUT2D eigenvalue weighted by molar-refractivity contribution is 6.01. The molecule has 1 aliphatic heterocycles. The van der Waals surface area contributed by atoms with Gasteiger partial charge in [-0.1, -0.05) is 50.2 Å². The number of hydrogen-bond acceptors (Lipinski definition) is 2. The first kappa shape index (κ1) is 18.3. The molecule has 0 saturated carbocycles. The lowest BCUT2D eigenvalue weighted by Gasteiger charge is -2.30. The highest BCUT2D eigenvalue weighted by atomic mass is 16.2. The molecule has 5 nitrogen and oxygen atoms in total. The average molecular weight is 375 g/mol. The topological polar surface area (TPSA) is 65.2 Å². The maximum atomic E-state index is 12.9. The molecule has 2 heterocycles. The van der Waals surface area contributed by atoms with Crippen molar-refractivity contribution in [3.8, 4) is 0 Å². The van der Waals surface area contributed by atoms with Crippen LogP contribution in [0.3, 0.4) is 0 Å². The molecule has 1 atom stereocenters. The van der Waals surface area contributed by atoms with Gasteiger partial charge in [0, 0.05) is 35.8 Å². The Kier molecular flexibility index (Phi) is 4.90. The molecule has 2 aromatic carbocycles. The van der Waals surface area contributed by atoms with E-state index in [1.54, 1.807) is 4.90 Å². The Morgan fingerprint density at radius 2 is 1.89 bits per heavy atom. The maximum absolute atomic E-state index is 12.9. The smallest absolute Gasteiger partial charge is 0.255 e. The van der Waals surface area contributed by atoms with Crippen molar-refractivity contribution in [2.24, 2.45) is 5.92 Å². The molecule has 2 amide bonds. The third kappa shape index (κ3) is 3.28. The van der Waals surface area contributed by atoms with Gasteiger partial charge in [-0.2, -0.15) is 0 Å². The van der Waals surface area contributed by atoms with Crippen LogP contribution in [0.4, 0.5) is 0 Å². The van der Waals surface area contributed by atoms with Crippen molar-refractivity contribution in [1.82, 2.24) is 15.2 Å². The zero-order valence-corrected chi connectivity index (χ0v) is 16.2. The summed E-state index contributed by atoms with van der Waals surface area (Å²) in [5.41, 5.74) is 3.98. The van der Waals surface area contributed by atoms with E-state index < -0.39 is 6.04 Å². The van der Waals surface area contributed by atoms with E-state index in [-0.39, 0.29) is 17.7 Å². The Balaban J connectivity index is 1.43. The molecule has 0 aliphatic carbocycles. The summed E-state index contributed by atoms with van der Waals surface area (Å²) in [5, 5.41) is 4.23. The molecule has 1 unspecified atom stereocenters. The minimum absolute atomic E-state index is 0.0337. The predicted molar refractivity (Wildman–Crippen MR) is 110 cm³/mol. The van der Waals surface area contributed by atoms with Crippen molar-refractivity contribution in [3.63, 3.8) is 0 Å². The second-order valence-electron chi connectivity index (χ2n) is 7.68. The number of carbonyl (C=O) groups excluding carboxylic acids is 2. The van der Waals surface area contributed by atoms with Gasteiger partial charge in [-0.05, 0) is 35.6 Å². The van der Waals surface area contributed by atoms with Gasteiger partial charge in [0.05, 0.1) is 0 Å². The van der Waals surface area contributed by atoms with Gasteiger partial charge in [0.25, 0.3) is 5.91 Å². The van der Waals surface area contributed by atoms with Crippen LogP contribution in [0.5, 0.6) is 0 Å². The second kappa shape index (κ2) is 7.50. The monoisotopic (exact) mass is 375 g/mol. The lowest BCUT2D eigenvalue weighted by atomic mass is 10.0. The SMILES string of the molecule is CC(C)C(C(=O)NCCc1c[nH]c2ccccc12)N1Cc2ccccc2C1=O. The van der Waals surface area contributed by atoms with Crippen molar-refractivity contribution in [2.75, 3.05) is 6.54 Å². The molecule has 0 saturated heterocycles. The van der Waals surface area contributed by atoms with Crippen LogP contribution in [0.15, 0.2) is 54.7 Å². The molecular formula is C23H25N3O2. The van der Waals surface area contributed by atoms with Crippen LogP contribution < -0.4 is 5.32 Å². The fourth-order valence-electron chi connectivity index (χ4n) is 4.07. The van der Waals surface area contributed by atoms with Gasteiger partial charge >= 0.3 is 0 Å². The summed E-state index contributed by atoms with van der Waals surface area (Å²) in [6.45, 7) is 5.01. The van der Waals surface area contributed by atoms with Crippen LogP contribution in [0, 0.1) is 5.92 Å². The first-order chi connectivity index (χ1) is 13.6. The van der Waals surface area contributed by atoms with Gasteiger partial charge in [-0.3, -0.25) is 9.59 Å². The number of hydrogen-bond donors (Lipinski definition) is 2. The number of nitrogens with one attached hydrogen (secondary N) is 2. The molecule has 0 radical (unpaired) electrons. The molecule has 5 heteroatoms. The van der Waals surface area contributed by atoms with Crippen LogP contribution in [0.25, 0.3) is 10.9 Å². The molecular weight excluding hydrogens is 350 g/mol. The van der Waals surface area contributed by atoms with Gasteiger partial charge in [0.15, 0.2) is 0 Å². The van der Waals surface area contributed by atoms with Crippen LogP contribution in [0.1, 0.15) is 35.3 Å². The van der Waals surface area contributed by atoms with E-state index >= 15 is 0 Å². The number of benzene rings is 2. The second-order valence-corrected chi connectivity index (χ2v) is 7.68. The van der Waals surface area contributed by atoms with Crippen molar-refractivity contribution in [2.45, 2.75) is 32.9 Å². The third-order valence-corrected chi connectivity index (χ3v) is 5.45. The number of carbonyl (C=O) groups is 2. The quantitative estimate of drug-likeness (QED) is 0.692. The first-order valence-corrected chi connectivity index (χ1v) is 9.78. The van der Waals surface area contributed by atoms with Crippen molar-refractivity contribution >= 4 is 22.7 Å². The van der Waals surface area contributed by atoms with Gasteiger partial charge < -0.3 is 15.2 Å². The molecule has 1 aromatic heterocycles. The van der Waals surface area contributed by atoms with Gasteiger partial charge in [-0.15, -0.1) is 0 Å². The summed E-state index contributed by atoms with van der Waals surface area (Å²) in [5.74, 6) is -0.108. The summed E-state index contributed by atoms with van der Waals surface area (Å²) in [6.07, 6.45) is 2.74. The summed E-state index contributed by atoms with van der Waals surface area (Å²) in [4.78, 5) is 30.7. The van der Waals surface area contributed by atoms with Crippen LogP contribution in [-0.2, 0) is 17.8 Å². The van der Waals surface area contributed by atoms with Crippen LogP contribution in [0.2, 0.25) is 0 Å². The number of aromatic nitrogens is 1. The van der Waals surface area contributed by atoms with Crippen molar-refractivity contribution in [1.29, 1.82) is 0 Å². The summed E-state index contributed by atoms with van der Waals surface area (Å²) >= 11 is 0. The molecule has 4 rings (SSSR count). The van der Waals surface area contributed by atoms with Gasteiger partial charge in [-0.25, -0.2) is 0 Å². The van der Waals surface area contributed by atoms with E-state index in [9.17, 15) is 9.59 Å². The highest BCUT2D eigenvalue weighted by Gasteiger charge is 2.37. The number of para-hydroxylation sites is 1. The summed E-state index contributed by atoms with van der Waals surface area (Å²) < 4.78 is 0. The van der Waals surface area contributed by atoms with E-state index in [4.69, 9.17) is 0 Å². The molecule has 144 valence electrons. The van der Waals surface area contributed by atoms with Gasteiger partial charge in [0.2, 0.25) is 5.91 Å². The molecule has 3 aromatic rings.